The lowest BCUT2D eigenvalue weighted by Crippen LogP contribution is -2.53. The van der Waals surface area contributed by atoms with Crippen LogP contribution >= 0.6 is 0 Å². The number of aliphatic carboxylic acids is 1. The van der Waals surface area contributed by atoms with E-state index in [2.05, 4.69) is 12.2 Å². The maximum atomic E-state index is 12.3. The molecule has 4 heteroatoms. The number of rotatable bonds is 3. The molecule has 2 bridgehead atoms. The predicted octanol–water partition coefficient (Wildman–Crippen LogP) is 1.52. The van der Waals surface area contributed by atoms with Crippen LogP contribution in [0.5, 0.6) is 0 Å². The molecule has 0 aliphatic heterocycles. The first kappa shape index (κ1) is 12.1. The van der Waals surface area contributed by atoms with Gasteiger partial charge in [-0.25, -0.2) is 4.79 Å². The second-order valence-electron chi connectivity index (χ2n) is 5.65. The molecule has 94 valence electrons. The summed E-state index contributed by atoms with van der Waals surface area (Å²) in [4.78, 5) is 24.8. The molecule has 3 unspecified atom stereocenters. The molecule has 0 aromatic carbocycles. The number of carbonyl (C=O) groups is 2. The monoisotopic (exact) mass is 237 g/mol. The molecule has 4 nitrogen and oxygen atoms in total. The second kappa shape index (κ2) is 3.86. The van der Waals surface area contributed by atoms with Gasteiger partial charge in [-0.3, -0.25) is 4.79 Å². The molecule has 1 amide bonds. The number of likely N-dealkylation sites (N-methyl/N-ethyl adjacent to an activating group) is 1. The van der Waals surface area contributed by atoms with Crippen molar-refractivity contribution in [3.63, 3.8) is 0 Å². The number of fused-ring (bicyclic) bond motifs is 2. The van der Waals surface area contributed by atoms with E-state index < -0.39 is 11.5 Å². The number of carboxylic acid groups (broad SMARTS) is 1. The second-order valence-corrected chi connectivity index (χ2v) is 5.65. The first-order valence-electron chi connectivity index (χ1n) is 6.03. The number of nitrogens with zero attached hydrogens (tertiary/aromatic N) is 1. The molecular formula is C13H19NO3. The smallest absolute Gasteiger partial charge is 0.329 e. The number of hydrogen-bond acceptors (Lipinski definition) is 2. The average Bonchev–Trinajstić information content (AvgIpc) is 2.88. The van der Waals surface area contributed by atoms with E-state index in [9.17, 15) is 9.59 Å². The third kappa shape index (κ3) is 1.85. The van der Waals surface area contributed by atoms with E-state index in [1.54, 1.807) is 20.9 Å². The van der Waals surface area contributed by atoms with Crippen LogP contribution in [0.2, 0.25) is 0 Å². The molecule has 2 aliphatic rings. The van der Waals surface area contributed by atoms with Gasteiger partial charge in [0.2, 0.25) is 5.91 Å². The van der Waals surface area contributed by atoms with E-state index in [1.807, 2.05) is 0 Å². The van der Waals surface area contributed by atoms with Gasteiger partial charge in [0.15, 0.2) is 0 Å². The van der Waals surface area contributed by atoms with Gasteiger partial charge in [-0.05, 0) is 38.5 Å². The van der Waals surface area contributed by atoms with Crippen molar-refractivity contribution >= 4 is 11.9 Å². The summed E-state index contributed by atoms with van der Waals surface area (Å²) in [5.74, 6) is -0.176. The lowest BCUT2D eigenvalue weighted by Gasteiger charge is -2.34. The summed E-state index contributed by atoms with van der Waals surface area (Å²) in [7, 11) is 1.59. The molecule has 17 heavy (non-hydrogen) atoms. The lowest BCUT2D eigenvalue weighted by molar-refractivity contribution is -0.157. The fourth-order valence-corrected chi connectivity index (χ4v) is 2.73. The van der Waals surface area contributed by atoms with Crippen molar-refractivity contribution in [3.05, 3.63) is 12.2 Å². The first-order valence-corrected chi connectivity index (χ1v) is 6.03. The van der Waals surface area contributed by atoms with Crippen LogP contribution in [0.25, 0.3) is 0 Å². The molecule has 2 rings (SSSR count). The molecule has 0 radical (unpaired) electrons. The maximum Gasteiger partial charge on any atom is 0.329 e. The SMILES string of the molecule is CN(C(=O)C1CC2C=CC1C2)C(C)(C)C(=O)O. The molecule has 1 N–H and O–H groups in total. The van der Waals surface area contributed by atoms with Gasteiger partial charge in [-0.2, -0.15) is 0 Å². The van der Waals surface area contributed by atoms with E-state index in [4.69, 9.17) is 5.11 Å². The number of carbonyl (C=O) groups excluding carboxylic acids is 1. The first-order chi connectivity index (χ1) is 7.84. The minimum absolute atomic E-state index is 0.0198. The fraction of sp³-hybridized carbons (Fsp3) is 0.692. The molecule has 1 fully saturated rings. The van der Waals surface area contributed by atoms with E-state index in [0.29, 0.717) is 11.8 Å². The standard InChI is InChI=1S/C13H19NO3/c1-13(2,12(16)17)14(3)11(15)10-7-8-4-5-9(10)6-8/h4-5,8-10H,6-7H2,1-3H3,(H,16,17). The van der Waals surface area contributed by atoms with Crippen molar-refractivity contribution in [2.75, 3.05) is 7.05 Å². The summed E-state index contributed by atoms with van der Waals surface area (Å²) in [5.41, 5.74) is -1.14. The molecule has 0 heterocycles. The average molecular weight is 237 g/mol. The zero-order valence-electron chi connectivity index (χ0n) is 10.5. The zero-order chi connectivity index (χ0) is 12.8. The summed E-state index contributed by atoms with van der Waals surface area (Å²) < 4.78 is 0. The van der Waals surface area contributed by atoms with Gasteiger partial charge in [0.25, 0.3) is 0 Å². The molecule has 0 aromatic heterocycles. The van der Waals surface area contributed by atoms with Crippen LogP contribution in [-0.4, -0.2) is 34.5 Å². The van der Waals surface area contributed by atoms with E-state index in [1.165, 1.54) is 4.90 Å². The zero-order valence-corrected chi connectivity index (χ0v) is 10.5. The number of allylic oxidation sites excluding steroid dienone is 2. The van der Waals surface area contributed by atoms with E-state index in [-0.39, 0.29) is 11.8 Å². The molecule has 3 atom stereocenters. The van der Waals surface area contributed by atoms with E-state index >= 15 is 0 Å². The van der Waals surface area contributed by atoms with Crippen LogP contribution < -0.4 is 0 Å². The minimum Gasteiger partial charge on any atom is -0.480 e. The summed E-state index contributed by atoms with van der Waals surface area (Å²) >= 11 is 0. The van der Waals surface area contributed by atoms with Crippen LogP contribution in [0.1, 0.15) is 26.7 Å². The highest BCUT2D eigenvalue weighted by atomic mass is 16.4. The highest BCUT2D eigenvalue weighted by Crippen LogP contribution is 2.44. The number of hydrogen-bond donors (Lipinski definition) is 1. The Kier molecular flexibility index (Phi) is 2.76. The van der Waals surface area contributed by atoms with Gasteiger partial charge in [0.1, 0.15) is 5.54 Å². The lowest BCUT2D eigenvalue weighted by atomic mass is 9.90. The van der Waals surface area contributed by atoms with Crippen molar-refractivity contribution in [2.45, 2.75) is 32.2 Å². The Morgan fingerprint density at radius 2 is 1.94 bits per heavy atom. The predicted molar refractivity (Wildman–Crippen MR) is 63.3 cm³/mol. The van der Waals surface area contributed by atoms with Gasteiger partial charge >= 0.3 is 5.97 Å². The summed E-state index contributed by atoms with van der Waals surface area (Å²) in [6, 6.07) is 0. The topological polar surface area (TPSA) is 57.6 Å². The summed E-state index contributed by atoms with van der Waals surface area (Å²) in [6.45, 7) is 3.13. The molecule has 2 aliphatic carbocycles. The quantitative estimate of drug-likeness (QED) is 0.757. The largest absolute Gasteiger partial charge is 0.480 e. The third-order valence-electron chi connectivity index (χ3n) is 4.29. The summed E-state index contributed by atoms with van der Waals surface area (Å²) in [6.07, 6.45) is 6.22. The maximum absolute atomic E-state index is 12.3. The summed E-state index contributed by atoms with van der Waals surface area (Å²) in [5, 5.41) is 9.13. The Hall–Kier alpha value is -1.32. The number of amides is 1. The van der Waals surface area contributed by atoms with Gasteiger partial charge in [0, 0.05) is 13.0 Å². The fourth-order valence-electron chi connectivity index (χ4n) is 2.73. The molecule has 0 spiro atoms. The van der Waals surface area contributed by atoms with Crippen molar-refractivity contribution in [1.82, 2.24) is 4.90 Å². The molecule has 0 saturated heterocycles. The minimum atomic E-state index is -1.14. The highest BCUT2D eigenvalue weighted by Gasteiger charge is 2.44. The van der Waals surface area contributed by atoms with Crippen molar-refractivity contribution in [2.24, 2.45) is 17.8 Å². The molecular weight excluding hydrogens is 218 g/mol. The normalized spacial score (nSPS) is 30.6. The van der Waals surface area contributed by atoms with Gasteiger partial charge in [-0.15, -0.1) is 0 Å². The molecule has 0 aromatic rings. The third-order valence-corrected chi connectivity index (χ3v) is 4.29. The number of carboxylic acids is 1. The van der Waals surface area contributed by atoms with Gasteiger partial charge in [0.05, 0.1) is 0 Å². The van der Waals surface area contributed by atoms with Crippen molar-refractivity contribution in [3.8, 4) is 0 Å². The highest BCUT2D eigenvalue weighted by molar-refractivity contribution is 5.87. The Balaban J connectivity index is 2.11. The van der Waals surface area contributed by atoms with Crippen LogP contribution in [0, 0.1) is 17.8 Å². The van der Waals surface area contributed by atoms with Crippen LogP contribution in [0.3, 0.4) is 0 Å². The Bertz CT molecular complexity index is 386. The Morgan fingerprint density at radius 1 is 1.29 bits per heavy atom. The Labute approximate surface area is 101 Å². The Morgan fingerprint density at radius 3 is 2.35 bits per heavy atom. The van der Waals surface area contributed by atoms with Gasteiger partial charge in [-0.1, -0.05) is 12.2 Å². The molecule has 1 saturated carbocycles. The van der Waals surface area contributed by atoms with Gasteiger partial charge < -0.3 is 10.0 Å². The van der Waals surface area contributed by atoms with Crippen molar-refractivity contribution < 1.29 is 14.7 Å². The van der Waals surface area contributed by atoms with Crippen molar-refractivity contribution in [1.29, 1.82) is 0 Å². The van der Waals surface area contributed by atoms with E-state index in [0.717, 1.165) is 12.8 Å². The van der Waals surface area contributed by atoms with Crippen LogP contribution in [0.4, 0.5) is 0 Å². The van der Waals surface area contributed by atoms with Crippen LogP contribution in [0.15, 0.2) is 12.2 Å². The van der Waals surface area contributed by atoms with Crippen LogP contribution in [-0.2, 0) is 9.59 Å².